The highest BCUT2D eigenvalue weighted by Gasteiger charge is 2.14. The Bertz CT molecular complexity index is 1110. The molecule has 0 heterocycles. The fraction of sp³-hybridized carbons (Fsp3) is 0.167. The second-order valence-electron chi connectivity index (χ2n) is 7.03. The summed E-state index contributed by atoms with van der Waals surface area (Å²) in [4.78, 5) is 24.3. The first kappa shape index (κ1) is 22.4. The monoisotopic (exact) mass is 436 g/mol. The van der Waals surface area contributed by atoms with Crippen molar-refractivity contribution in [3.05, 3.63) is 96.1 Å². The first-order chi connectivity index (χ1) is 14.9. The number of nitrogens with one attached hydrogen (secondary N) is 2. The minimum atomic E-state index is -3.65. The third-order valence-corrected chi connectivity index (χ3v) is 6.08. The summed E-state index contributed by atoms with van der Waals surface area (Å²) in [6.45, 7) is 0.198. The van der Waals surface area contributed by atoms with Crippen LogP contribution in [-0.2, 0) is 21.4 Å². The molecule has 0 saturated carbocycles. The molecule has 0 aliphatic carbocycles. The number of hydrogen-bond donors (Lipinski definition) is 2. The molecule has 0 saturated heterocycles. The molecule has 160 valence electrons. The summed E-state index contributed by atoms with van der Waals surface area (Å²) < 4.78 is 27.4. The maximum atomic E-state index is 12.4. The van der Waals surface area contributed by atoms with Crippen molar-refractivity contribution in [1.82, 2.24) is 4.72 Å². The van der Waals surface area contributed by atoms with Crippen molar-refractivity contribution in [2.75, 3.05) is 5.32 Å². The molecule has 31 heavy (non-hydrogen) atoms. The van der Waals surface area contributed by atoms with Crippen LogP contribution in [0.15, 0.2) is 89.8 Å². The summed E-state index contributed by atoms with van der Waals surface area (Å²) in [5, 5.41) is 2.73. The van der Waals surface area contributed by atoms with Crippen LogP contribution in [0.4, 0.5) is 5.69 Å². The van der Waals surface area contributed by atoms with Gasteiger partial charge in [-0.2, -0.15) is 0 Å². The molecule has 0 spiro atoms. The molecule has 0 aliphatic heterocycles. The van der Waals surface area contributed by atoms with E-state index in [0.29, 0.717) is 24.1 Å². The third-order valence-electron chi connectivity index (χ3n) is 4.66. The molecule has 2 N–H and O–H groups in total. The molecule has 0 radical (unpaired) electrons. The van der Waals surface area contributed by atoms with Gasteiger partial charge in [0, 0.05) is 30.6 Å². The first-order valence-electron chi connectivity index (χ1n) is 9.96. The zero-order valence-corrected chi connectivity index (χ0v) is 17.8. The van der Waals surface area contributed by atoms with Crippen LogP contribution in [0.1, 0.15) is 35.2 Å². The summed E-state index contributed by atoms with van der Waals surface area (Å²) in [7, 11) is -3.65. The van der Waals surface area contributed by atoms with Crippen molar-refractivity contribution in [2.24, 2.45) is 0 Å². The van der Waals surface area contributed by atoms with Crippen LogP contribution in [0.3, 0.4) is 0 Å². The quantitative estimate of drug-likeness (QED) is 0.467. The maximum absolute atomic E-state index is 12.4. The minimum absolute atomic E-state index is 0.00552. The molecular formula is C24H24N2O4S. The minimum Gasteiger partial charge on any atom is -0.326 e. The molecular weight excluding hydrogens is 412 g/mol. The Morgan fingerprint density at radius 1 is 0.742 bits per heavy atom. The maximum Gasteiger partial charge on any atom is 0.240 e. The number of anilines is 1. The van der Waals surface area contributed by atoms with E-state index in [2.05, 4.69) is 10.0 Å². The fourth-order valence-electron chi connectivity index (χ4n) is 2.98. The highest BCUT2D eigenvalue weighted by atomic mass is 32.2. The van der Waals surface area contributed by atoms with Gasteiger partial charge in [0.25, 0.3) is 0 Å². The molecule has 3 aromatic rings. The fourth-order valence-corrected chi connectivity index (χ4v) is 3.99. The lowest BCUT2D eigenvalue weighted by Gasteiger charge is -2.09. The van der Waals surface area contributed by atoms with Crippen molar-refractivity contribution in [1.29, 1.82) is 0 Å². The van der Waals surface area contributed by atoms with E-state index in [-0.39, 0.29) is 29.6 Å². The molecule has 0 bridgehead atoms. The number of amides is 1. The summed E-state index contributed by atoms with van der Waals surface area (Å²) in [6.07, 6.45) is 0.939. The van der Waals surface area contributed by atoms with Crippen molar-refractivity contribution in [3.63, 3.8) is 0 Å². The SMILES string of the molecule is O=C(CCCC(=O)c1ccccc1)Nc1ccc(S(=O)(=O)NCc2ccccc2)cc1. The Hall–Kier alpha value is -3.29. The smallest absolute Gasteiger partial charge is 0.240 e. The molecule has 0 aliphatic rings. The van der Waals surface area contributed by atoms with Gasteiger partial charge in [-0.05, 0) is 36.2 Å². The normalized spacial score (nSPS) is 11.1. The zero-order valence-electron chi connectivity index (χ0n) is 17.0. The van der Waals surface area contributed by atoms with Crippen LogP contribution in [0.25, 0.3) is 0 Å². The van der Waals surface area contributed by atoms with Gasteiger partial charge in [-0.25, -0.2) is 13.1 Å². The number of carbonyl (C=O) groups excluding carboxylic acids is 2. The molecule has 0 atom stereocenters. The van der Waals surface area contributed by atoms with Gasteiger partial charge in [-0.15, -0.1) is 0 Å². The standard InChI is InChI=1S/C24H24N2O4S/c27-23(20-10-5-2-6-11-20)12-7-13-24(28)26-21-14-16-22(17-15-21)31(29,30)25-18-19-8-3-1-4-9-19/h1-6,8-11,14-17,25H,7,12-13,18H2,(H,26,28). The summed E-state index contributed by atoms with van der Waals surface area (Å²) in [5.41, 5.74) is 2.00. The number of sulfonamides is 1. The molecule has 0 fully saturated rings. The van der Waals surface area contributed by atoms with Gasteiger partial charge in [-0.3, -0.25) is 9.59 Å². The van der Waals surface area contributed by atoms with E-state index in [4.69, 9.17) is 0 Å². The number of hydrogen-bond acceptors (Lipinski definition) is 4. The van der Waals surface area contributed by atoms with Crippen LogP contribution in [0.5, 0.6) is 0 Å². The predicted molar refractivity (Wildman–Crippen MR) is 120 cm³/mol. The predicted octanol–water partition coefficient (Wildman–Crippen LogP) is 4.16. The Kier molecular flexibility index (Phi) is 7.70. The molecule has 3 aromatic carbocycles. The number of Topliss-reactive ketones (excluding diaryl/α,β-unsaturated/α-hetero) is 1. The van der Waals surface area contributed by atoms with Crippen LogP contribution < -0.4 is 10.0 Å². The molecule has 1 amide bonds. The van der Waals surface area contributed by atoms with Gasteiger partial charge in [0.2, 0.25) is 15.9 Å². The number of rotatable bonds is 10. The Labute approximate surface area is 182 Å². The lowest BCUT2D eigenvalue weighted by molar-refractivity contribution is -0.116. The van der Waals surface area contributed by atoms with E-state index < -0.39 is 10.0 Å². The Balaban J connectivity index is 1.47. The Morgan fingerprint density at radius 3 is 2.00 bits per heavy atom. The molecule has 6 nitrogen and oxygen atoms in total. The van der Waals surface area contributed by atoms with Crippen molar-refractivity contribution in [3.8, 4) is 0 Å². The molecule has 0 unspecified atom stereocenters. The van der Waals surface area contributed by atoms with Gasteiger partial charge in [0.15, 0.2) is 5.78 Å². The topological polar surface area (TPSA) is 92.3 Å². The molecule has 0 aromatic heterocycles. The van der Waals surface area contributed by atoms with E-state index in [1.807, 2.05) is 36.4 Å². The molecule has 3 rings (SSSR count). The Morgan fingerprint density at radius 2 is 1.35 bits per heavy atom. The summed E-state index contributed by atoms with van der Waals surface area (Å²) in [5.74, 6) is -0.218. The lowest BCUT2D eigenvalue weighted by atomic mass is 10.1. The van der Waals surface area contributed by atoms with E-state index in [1.165, 1.54) is 12.1 Å². The number of ketones is 1. The number of carbonyl (C=O) groups is 2. The summed E-state index contributed by atoms with van der Waals surface area (Å²) in [6, 6.07) is 24.2. The first-order valence-corrected chi connectivity index (χ1v) is 11.4. The van der Waals surface area contributed by atoms with Gasteiger partial charge in [-0.1, -0.05) is 60.7 Å². The highest BCUT2D eigenvalue weighted by Crippen LogP contribution is 2.15. The third kappa shape index (κ3) is 6.87. The second-order valence-corrected chi connectivity index (χ2v) is 8.79. The van der Waals surface area contributed by atoms with Crippen molar-refractivity contribution in [2.45, 2.75) is 30.7 Å². The second kappa shape index (κ2) is 10.7. The summed E-state index contributed by atoms with van der Waals surface area (Å²) >= 11 is 0. The van der Waals surface area contributed by atoms with E-state index in [0.717, 1.165) is 5.56 Å². The van der Waals surface area contributed by atoms with Crippen LogP contribution in [0.2, 0.25) is 0 Å². The van der Waals surface area contributed by atoms with E-state index >= 15 is 0 Å². The van der Waals surface area contributed by atoms with Crippen LogP contribution >= 0.6 is 0 Å². The highest BCUT2D eigenvalue weighted by molar-refractivity contribution is 7.89. The van der Waals surface area contributed by atoms with Crippen LogP contribution in [-0.4, -0.2) is 20.1 Å². The average Bonchev–Trinajstić information content (AvgIpc) is 2.79. The average molecular weight is 437 g/mol. The largest absolute Gasteiger partial charge is 0.326 e. The van der Waals surface area contributed by atoms with Crippen molar-refractivity contribution < 1.29 is 18.0 Å². The van der Waals surface area contributed by atoms with Gasteiger partial charge in [0.05, 0.1) is 4.90 Å². The van der Waals surface area contributed by atoms with Gasteiger partial charge >= 0.3 is 0 Å². The molecule has 7 heteroatoms. The number of benzene rings is 3. The van der Waals surface area contributed by atoms with Crippen LogP contribution in [0, 0.1) is 0 Å². The zero-order chi connectivity index (χ0) is 22.1. The van der Waals surface area contributed by atoms with Gasteiger partial charge in [0.1, 0.15) is 0 Å². The van der Waals surface area contributed by atoms with Crippen molar-refractivity contribution >= 4 is 27.4 Å². The van der Waals surface area contributed by atoms with E-state index in [1.54, 1.807) is 36.4 Å². The lowest BCUT2D eigenvalue weighted by Crippen LogP contribution is -2.23. The van der Waals surface area contributed by atoms with E-state index in [9.17, 15) is 18.0 Å². The van der Waals surface area contributed by atoms with Gasteiger partial charge < -0.3 is 5.32 Å².